The number of hydrogen-bond donors (Lipinski definition) is 1. The first-order valence-electron chi connectivity index (χ1n) is 4.09. The SMILES string of the molecule is C=CC(=O)NCCCN(C)C.CI. The number of carbonyl (C=O) groups is 1. The molecular formula is C9H19IN2O. The van der Waals surface area contributed by atoms with E-state index in [1.807, 2.05) is 19.0 Å². The molecule has 0 saturated heterocycles. The number of nitrogens with zero attached hydrogens (tertiary/aromatic N) is 1. The van der Waals surface area contributed by atoms with Crippen LogP contribution in [0.3, 0.4) is 0 Å². The molecule has 0 aromatic heterocycles. The maximum atomic E-state index is 10.6. The highest BCUT2D eigenvalue weighted by molar-refractivity contribution is 14.1. The van der Waals surface area contributed by atoms with Crippen LogP contribution in [0.2, 0.25) is 0 Å². The first-order chi connectivity index (χ1) is 6.16. The van der Waals surface area contributed by atoms with Crippen molar-refractivity contribution < 1.29 is 4.79 Å². The first kappa shape index (κ1) is 15.4. The van der Waals surface area contributed by atoms with Gasteiger partial charge < -0.3 is 10.2 Å². The lowest BCUT2D eigenvalue weighted by Gasteiger charge is -2.08. The van der Waals surface area contributed by atoms with E-state index < -0.39 is 0 Å². The van der Waals surface area contributed by atoms with Crippen LogP contribution >= 0.6 is 22.6 Å². The Labute approximate surface area is 94.7 Å². The molecule has 0 spiro atoms. The van der Waals surface area contributed by atoms with Crippen LogP contribution in [0.1, 0.15) is 6.42 Å². The molecule has 3 nitrogen and oxygen atoms in total. The molecule has 0 radical (unpaired) electrons. The Kier molecular flexibility index (Phi) is 14.1. The Bertz CT molecular complexity index is 138. The maximum absolute atomic E-state index is 10.6. The van der Waals surface area contributed by atoms with Gasteiger partial charge in [0, 0.05) is 6.54 Å². The zero-order valence-corrected chi connectivity index (χ0v) is 10.8. The van der Waals surface area contributed by atoms with Crippen LogP contribution in [0.4, 0.5) is 0 Å². The number of nitrogens with one attached hydrogen (secondary N) is 1. The molecule has 78 valence electrons. The Morgan fingerprint density at radius 1 is 1.54 bits per heavy atom. The lowest BCUT2D eigenvalue weighted by Crippen LogP contribution is -2.25. The largest absolute Gasteiger partial charge is 0.353 e. The Morgan fingerprint density at radius 2 is 2.08 bits per heavy atom. The smallest absolute Gasteiger partial charge is 0.243 e. The van der Waals surface area contributed by atoms with Crippen LogP contribution in [-0.2, 0) is 4.79 Å². The summed E-state index contributed by atoms with van der Waals surface area (Å²) in [5.41, 5.74) is 0. The zero-order valence-electron chi connectivity index (χ0n) is 8.64. The van der Waals surface area contributed by atoms with Gasteiger partial charge in [-0.25, -0.2) is 0 Å². The third-order valence-corrected chi connectivity index (χ3v) is 1.27. The molecule has 0 aliphatic heterocycles. The van der Waals surface area contributed by atoms with Crippen LogP contribution in [-0.4, -0.2) is 42.9 Å². The molecule has 0 aromatic rings. The predicted octanol–water partition coefficient (Wildman–Crippen LogP) is 1.29. The lowest BCUT2D eigenvalue weighted by atomic mass is 10.4. The van der Waals surface area contributed by atoms with Crippen LogP contribution in [0.25, 0.3) is 0 Å². The van der Waals surface area contributed by atoms with Gasteiger partial charge >= 0.3 is 0 Å². The quantitative estimate of drug-likeness (QED) is 0.359. The maximum Gasteiger partial charge on any atom is 0.243 e. The predicted molar refractivity (Wildman–Crippen MR) is 66.3 cm³/mol. The molecule has 0 rings (SSSR count). The number of rotatable bonds is 5. The third-order valence-electron chi connectivity index (χ3n) is 1.27. The fraction of sp³-hybridized carbons (Fsp3) is 0.667. The molecule has 0 unspecified atom stereocenters. The molecule has 0 aromatic carbocycles. The van der Waals surface area contributed by atoms with Crippen molar-refractivity contribution in [3.63, 3.8) is 0 Å². The van der Waals surface area contributed by atoms with Crippen molar-refractivity contribution in [2.45, 2.75) is 6.42 Å². The van der Waals surface area contributed by atoms with Gasteiger partial charge in [-0.3, -0.25) is 4.79 Å². The second-order valence-corrected chi connectivity index (χ2v) is 2.65. The van der Waals surface area contributed by atoms with E-state index in [1.54, 1.807) is 0 Å². The molecule has 0 bridgehead atoms. The number of carbonyl (C=O) groups excluding carboxylic acids is 1. The minimum atomic E-state index is -0.0937. The van der Waals surface area contributed by atoms with Gasteiger partial charge in [0.2, 0.25) is 5.91 Å². The topological polar surface area (TPSA) is 32.3 Å². The summed E-state index contributed by atoms with van der Waals surface area (Å²) in [5.74, 6) is -0.0937. The molecule has 1 amide bonds. The lowest BCUT2D eigenvalue weighted by molar-refractivity contribution is -0.116. The minimum Gasteiger partial charge on any atom is -0.353 e. The number of halogens is 1. The summed E-state index contributed by atoms with van der Waals surface area (Å²) in [6, 6.07) is 0. The van der Waals surface area contributed by atoms with Gasteiger partial charge in [0.15, 0.2) is 0 Å². The molecule has 0 fully saturated rings. The Balaban J connectivity index is 0. The van der Waals surface area contributed by atoms with E-state index in [9.17, 15) is 4.79 Å². The van der Waals surface area contributed by atoms with Crippen molar-refractivity contribution in [3.8, 4) is 0 Å². The van der Waals surface area contributed by atoms with Crippen molar-refractivity contribution >= 4 is 28.5 Å². The summed E-state index contributed by atoms with van der Waals surface area (Å²) in [6.07, 6.45) is 2.27. The van der Waals surface area contributed by atoms with Gasteiger partial charge in [0.05, 0.1) is 0 Å². The summed E-state index contributed by atoms with van der Waals surface area (Å²) in [5, 5.41) is 2.70. The molecule has 0 saturated carbocycles. The molecule has 4 heteroatoms. The number of hydrogen-bond acceptors (Lipinski definition) is 2. The third kappa shape index (κ3) is 14.7. The van der Waals surface area contributed by atoms with Gasteiger partial charge in [-0.15, -0.1) is 0 Å². The molecule has 13 heavy (non-hydrogen) atoms. The van der Waals surface area contributed by atoms with Crippen LogP contribution in [0, 0.1) is 0 Å². The molecule has 1 N–H and O–H groups in total. The standard InChI is InChI=1S/C8H16N2O.CH3I/c1-4-8(11)9-6-5-7-10(2)3;1-2/h4H,1,5-7H2,2-3H3,(H,9,11);1H3. The van der Waals surface area contributed by atoms with Gasteiger partial charge in [-0.1, -0.05) is 29.2 Å². The average Bonchev–Trinajstić information content (AvgIpc) is 2.15. The highest BCUT2D eigenvalue weighted by Crippen LogP contribution is 1.80. The van der Waals surface area contributed by atoms with E-state index >= 15 is 0 Å². The summed E-state index contributed by atoms with van der Waals surface area (Å²) in [6.45, 7) is 5.07. The van der Waals surface area contributed by atoms with Crippen LogP contribution in [0.5, 0.6) is 0 Å². The van der Waals surface area contributed by atoms with Crippen molar-refractivity contribution in [1.29, 1.82) is 0 Å². The van der Waals surface area contributed by atoms with E-state index in [0.29, 0.717) is 0 Å². The highest BCUT2D eigenvalue weighted by Gasteiger charge is 1.92. The zero-order chi connectivity index (χ0) is 10.7. The van der Waals surface area contributed by atoms with E-state index in [4.69, 9.17) is 0 Å². The average molecular weight is 298 g/mol. The Morgan fingerprint density at radius 3 is 2.46 bits per heavy atom. The van der Waals surface area contributed by atoms with E-state index in [0.717, 1.165) is 19.5 Å². The van der Waals surface area contributed by atoms with Gasteiger partial charge in [-0.2, -0.15) is 0 Å². The molecular weight excluding hydrogens is 279 g/mol. The van der Waals surface area contributed by atoms with E-state index in [1.165, 1.54) is 6.08 Å². The van der Waals surface area contributed by atoms with Crippen molar-refractivity contribution in [3.05, 3.63) is 12.7 Å². The summed E-state index contributed by atoms with van der Waals surface area (Å²) >= 11 is 2.15. The minimum absolute atomic E-state index is 0.0937. The number of amides is 1. The summed E-state index contributed by atoms with van der Waals surface area (Å²) in [7, 11) is 4.02. The monoisotopic (exact) mass is 298 g/mol. The van der Waals surface area contributed by atoms with Crippen molar-refractivity contribution in [2.75, 3.05) is 32.1 Å². The van der Waals surface area contributed by atoms with Crippen molar-refractivity contribution in [1.82, 2.24) is 10.2 Å². The van der Waals surface area contributed by atoms with Gasteiger partial charge in [-0.05, 0) is 38.1 Å². The summed E-state index contributed by atoms with van der Waals surface area (Å²) < 4.78 is 0. The van der Waals surface area contributed by atoms with Gasteiger partial charge in [0.25, 0.3) is 0 Å². The van der Waals surface area contributed by atoms with E-state index in [-0.39, 0.29) is 5.91 Å². The summed E-state index contributed by atoms with van der Waals surface area (Å²) in [4.78, 5) is 14.7. The Hall–Kier alpha value is -0.100. The number of alkyl halides is 1. The second kappa shape index (κ2) is 11.9. The van der Waals surface area contributed by atoms with Gasteiger partial charge in [0.1, 0.15) is 0 Å². The van der Waals surface area contributed by atoms with Crippen molar-refractivity contribution in [2.24, 2.45) is 0 Å². The molecule has 0 atom stereocenters. The normalized spacial score (nSPS) is 8.69. The van der Waals surface area contributed by atoms with Crippen LogP contribution < -0.4 is 5.32 Å². The first-order valence-corrected chi connectivity index (χ1v) is 6.25. The van der Waals surface area contributed by atoms with E-state index in [2.05, 4.69) is 39.4 Å². The molecule has 0 heterocycles. The molecule has 0 aliphatic rings. The fourth-order valence-electron chi connectivity index (χ4n) is 0.679. The second-order valence-electron chi connectivity index (χ2n) is 2.65. The van der Waals surface area contributed by atoms with Crippen LogP contribution in [0.15, 0.2) is 12.7 Å². The highest BCUT2D eigenvalue weighted by atomic mass is 127. The molecule has 0 aliphatic carbocycles. The fourth-order valence-corrected chi connectivity index (χ4v) is 0.679.